The summed E-state index contributed by atoms with van der Waals surface area (Å²) in [5.41, 5.74) is 2.46. The zero-order chi connectivity index (χ0) is 18.1. The number of carbonyl (C=O) groups excluding carboxylic acids is 1. The van der Waals surface area contributed by atoms with Gasteiger partial charge in [0.05, 0.1) is 7.11 Å². The van der Waals surface area contributed by atoms with Crippen LogP contribution in [0.5, 0.6) is 11.5 Å². The van der Waals surface area contributed by atoms with E-state index in [0.29, 0.717) is 12.5 Å². The van der Waals surface area contributed by atoms with Crippen LogP contribution in [0.4, 0.5) is 0 Å². The zero-order valence-electron chi connectivity index (χ0n) is 15.2. The van der Waals surface area contributed by atoms with Gasteiger partial charge in [-0.2, -0.15) is 0 Å². The summed E-state index contributed by atoms with van der Waals surface area (Å²) in [5, 5.41) is 2.89. The van der Waals surface area contributed by atoms with E-state index in [0.717, 1.165) is 24.3 Å². The minimum absolute atomic E-state index is 0.0419. The Bertz CT molecular complexity index is 665. The van der Waals surface area contributed by atoms with E-state index in [1.165, 1.54) is 11.1 Å². The number of amides is 1. The van der Waals surface area contributed by atoms with E-state index in [1.807, 2.05) is 42.5 Å². The summed E-state index contributed by atoms with van der Waals surface area (Å²) in [5.74, 6) is 1.97. The average Bonchev–Trinajstić information content (AvgIpc) is 2.64. The zero-order valence-corrected chi connectivity index (χ0v) is 15.2. The third kappa shape index (κ3) is 6.49. The van der Waals surface area contributed by atoms with Gasteiger partial charge in [0.15, 0.2) is 6.61 Å². The molecule has 0 bridgehead atoms. The van der Waals surface area contributed by atoms with Crippen molar-refractivity contribution in [1.29, 1.82) is 0 Å². The van der Waals surface area contributed by atoms with Gasteiger partial charge in [-0.15, -0.1) is 0 Å². The number of benzene rings is 2. The molecule has 1 N–H and O–H groups in total. The maximum atomic E-state index is 11.8. The fraction of sp³-hybridized carbons (Fsp3) is 0.381. The first-order valence-electron chi connectivity index (χ1n) is 8.71. The minimum Gasteiger partial charge on any atom is -0.497 e. The molecule has 25 heavy (non-hydrogen) atoms. The van der Waals surface area contributed by atoms with E-state index in [-0.39, 0.29) is 12.5 Å². The molecule has 4 heteroatoms. The summed E-state index contributed by atoms with van der Waals surface area (Å²) >= 11 is 0. The first kappa shape index (κ1) is 18.8. The summed E-state index contributed by atoms with van der Waals surface area (Å²) in [6.45, 7) is 4.97. The lowest BCUT2D eigenvalue weighted by Gasteiger charge is -2.09. The summed E-state index contributed by atoms with van der Waals surface area (Å²) in [4.78, 5) is 11.8. The molecule has 1 amide bonds. The van der Waals surface area contributed by atoms with E-state index >= 15 is 0 Å². The van der Waals surface area contributed by atoms with Crippen molar-refractivity contribution in [3.8, 4) is 11.5 Å². The molecule has 0 atom stereocenters. The van der Waals surface area contributed by atoms with Crippen LogP contribution in [0, 0.1) is 0 Å². The minimum atomic E-state index is -0.0985. The van der Waals surface area contributed by atoms with Gasteiger partial charge in [-0.1, -0.05) is 38.1 Å². The van der Waals surface area contributed by atoms with Crippen molar-refractivity contribution in [3.05, 3.63) is 59.7 Å². The van der Waals surface area contributed by atoms with E-state index in [4.69, 9.17) is 9.47 Å². The predicted octanol–water partition coefficient (Wildman–Crippen LogP) is 3.95. The van der Waals surface area contributed by atoms with Crippen LogP contribution < -0.4 is 14.8 Å². The predicted molar refractivity (Wildman–Crippen MR) is 100 cm³/mol. The molecular formula is C21H27NO3. The Morgan fingerprint density at radius 2 is 1.84 bits per heavy atom. The van der Waals surface area contributed by atoms with E-state index in [1.54, 1.807) is 7.11 Å². The van der Waals surface area contributed by atoms with Gasteiger partial charge >= 0.3 is 0 Å². The van der Waals surface area contributed by atoms with Gasteiger partial charge in [-0.25, -0.2) is 0 Å². The number of ether oxygens (including phenoxy) is 2. The molecule has 2 aromatic carbocycles. The summed E-state index contributed by atoms with van der Waals surface area (Å²) in [6.07, 6.45) is 1.77. The number of aryl methyl sites for hydroxylation is 1. The fourth-order valence-electron chi connectivity index (χ4n) is 2.50. The Labute approximate surface area is 150 Å². The quantitative estimate of drug-likeness (QED) is 0.703. The van der Waals surface area contributed by atoms with Crippen LogP contribution in [0.3, 0.4) is 0 Å². The van der Waals surface area contributed by atoms with Crippen LogP contribution in [0.15, 0.2) is 48.5 Å². The van der Waals surface area contributed by atoms with Crippen LogP contribution in [0.25, 0.3) is 0 Å². The smallest absolute Gasteiger partial charge is 0.257 e. The Balaban J connectivity index is 1.65. The highest BCUT2D eigenvalue weighted by Gasteiger charge is 2.04. The maximum Gasteiger partial charge on any atom is 0.257 e. The highest BCUT2D eigenvalue weighted by Crippen LogP contribution is 2.18. The third-order valence-corrected chi connectivity index (χ3v) is 4.02. The maximum absolute atomic E-state index is 11.8. The number of methoxy groups -OCH3 is 1. The normalized spacial score (nSPS) is 10.6. The van der Waals surface area contributed by atoms with E-state index < -0.39 is 0 Å². The van der Waals surface area contributed by atoms with Gasteiger partial charge in [0.25, 0.3) is 5.91 Å². The second-order valence-corrected chi connectivity index (χ2v) is 6.32. The standard InChI is InChI=1S/C21H27NO3/c1-16(2)18-9-11-19(12-10-18)25-15-21(23)22-13-5-7-17-6-4-8-20(14-17)24-3/h4,6,8-12,14,16H,5,7,13,15H2,1-3H3,(H,22,23). The molecule has 2 rings (SSSR count). The Morgan fingerprint density at radius 1 is 1.08 bits per heavy atom. The highest BCUT2D eigenvalue weighted by atomic mass is 16.5. The third-order valence-electron chi connectivity index (χ3n) is 4.02. The van der Waals surface area contributed by atoms with E-state index in [9.17, 15) is 4.79 Å². The molecule has 0 spiro atoms. The molecule has 4 nitrogen and oxygen atoms in total. The molecule has 0 aliphatic rings. The largest absolute Gasteiger partial charge is 0.497 e. The molecule has 134 valence electrons. The van der Waals surface area contributed by atoms with Gasteiger partial charge in [-0.05, 0) is 54.2 Å². The number of nitrogens with one attached hydrogen (secondary N) is 1. The Morgan fingerprint density at radius 3 is 2.52 bits per heavy atom. The summed E-state index contributed by atoms with van der Waals surface area (Å²) in [6, 6.07) is 15.9. The molecule has 0 unspecified atom stereocenters. The lowest BCUT2D eigenvalue weighted by Crippen LogP contribution is -2.29. The Hall–Kier alpha value is -2.49. The van der Waals surface area contributed by atoms with Gasteiger partial charge in [0.1, 0.15) is 11.5 Å². The second kappa shape index (κ2) is 9.72. The van der Waals surface area contributed by atoms with Gasteiger partial charge < -0.3 is 14.8 Å². The van der Waals surface area contributed by atoms with E-state index in [2.05, 4.69) is 25.2 Å². The van der Waals surface area contributed by atoms with Crippen molar-refractivity contribution < 1.29 is 14.3 Å². The van der Waals surface area contributed by atoms with Crippen molar-refractivity contribution in [2.75, 3.05) is 20.3 Å². The SMILES string of the molecule is COc1cccc(CCCNC(=O)COc2ccc(C(C)C)cc2)c1. The molecular weight excluding hydrogens is 314 g/mol. The fourth-order valence-corrected chi connectivity index (χ4v) is 2.50. The van der Waals surface area contributed by atoms with Crippen LogP contribution in [0.1, 0.15) is 37.3 Å². The molecule has 0 aliphatic carbocycles. The molecule has 2 aromatic rings. The molecule has 0 fully saturated rings. The van der Waals surface area contributed by atoms with Crippen molar-refractivity contribution >= 4 is 5.91 Å². The molecule has 0 aliphatic heterocycles. The van der Waals surface area contributed by atoms with Crippen molar-refractivity contribution in [2.24, 2.45) is 0 Å². The van der Waals surface area contributed by atoms with Crippen LogP contribution >= 0.6 is 0 Å². The average molecular weight is 341 g/mol. The van der Waals surface area contributed by atoms with Crippen LogP contribution in [0.2, 0.25) is 0 Å². The molecule has 0 radical (unpaired) electrons. The highest BCUT2D eigenvalue weighted by molar-refractivity contribution is 5.77. The lowest BCUT2D eigenvalue weighted by molar-refractivity contribution is -0.123. The number of carbonyl (C=O) groups is 1. The van der Waals surface area contributed by atoms with Gasteiger partial charge in [0, 0.05) is 6.54 Å². The Kier molecular flexibility index (Phi) is 7.33. The van der Waals surface area contributed by atoms with Crippen LogP contribution in [-0.4, -0.2) is 26.2 Å². The van der Waals surface area contributed by atoms with Gasteiger partial charge in [0.2, 0.25) is 0 Å². The van der Waals surface area contributed by atoms with Crippen molar-refractivity contribution in [2.45, 2.75) is 32.6 Å². The van der Waals surface area contributed by atoms with Gasteiger partial charge in [-0.3, -0.25) is 4.79 Å². The first-order chi connectivity index (χ1) is 12.1. The number of hydrogen-bond acceptors (Lipinski definition) is 3. The first-order valence-corrected chi connectivity index (χ1v) is 8.71. The monoisotopic (exact) mass is 341 g/mol. The molecule has 0 saturated carbocycles. The molecule has 0 saturated heterocycles. The number of rotatable bonds is 9. The van der Waals surface area contributed by atoms with Crippen molar-refractivity contribution in [3.63, 3.8) is 0 Å². The summed E-state index contributed by atoms with van der Waals surface area (Å²) in [7, 11) is 1.66. The lowest BCUT2D eigenvalue weighted by atomic mass is 10.0. The molecule has 0 heterocycles. The topological polar surface area (TPSA) is 47.6 Å². The number of hydrogen-bond donors (Lipinski definition) is 1. The van der Waals surface area contributed by atoms with Crippen LogP contribution in [-0.2, 0) is 11.2 Å². The molecule has 0 aromatic heterocycles. The van der Waals surface area contributed by atoms with Crippen molar-refractivity contribution in [1.82, 2.24) is 5.32 Å². The second-order valence-electron chi connectivity index (χ2n) is 6.32. The summed E-state index contributed by atoms with van der Waals surface area (Å²) < 4.78 is 10.7.